The zero-order chi connectivity index (χ0) is 20.4. The van der Waals surface area contributed by atoms with Crippen molar-refractivity contribution in [1.29, 1.82) is 0 Å². The Morgan fingerprint density at radius 3 is 2.55 bits per heavy atom. The van der Waals surface area contributed by atoms with Crippen molar-refractivity contribution in [2.45, 2.75) is 31.7 Å². The molecule has 1 atom stereocenters. The molecule has 0 bridgehead atoms. The Bertz CT molecular complexity index is 891. The highest BCUT2D eigenvalue weighted by atomic mass is 16.2. The predicted molar refractivity (Wildman–Crippen MR) is 115 cm³/mol. The molecule has 2 aliphatic rings. The molecular weight excluding hydrogens is 362 g/mol. The van der Waals surface area contributed by atoms with E-state index in [1.165, 1.54) is 11.1 Å². The van der Waals surface area contributed by atoms with Crippen LogP contribution in [0.1, 0.15) is 46.7 Å². The van der Waals surface area contributed by atoms with Crippen molar-refractivity contribution in [3.63, 3.8) is 0 Å². The number of carbonyl (C=O) groups excluding carboxylic acids is 2. The van der Waals surface area contributed by atoms with Gasteiger partial charge in [0.2, 0.25) is 5.91 Å². The van der Waals surface area contributed by atoms with E-state index < -0.39 is 0 Å². The number of benzene rings is 2. The molecule has 1 saturated heterocycles. The Kier molecular flexibility index (Phi) is 5.67. The molecule has 5 nitrogen and oxygen atoms in total. The van der Waals surface area contributed by atoms with E-state index in [9.17, 15) is 9.59 Å². The van der Waals surface area contributed by atoms with Crippen LogP contribution in [0.15, 0.2) is 48.5 Å². The van der Waals surface area contributed by atoms with Gasteiger partial charge in [-0.05, 0) is 56.3 Å². The first kappa shape index (κ1) is 19.6. The summed E-state index contributed by atoms with van der Waals surface area (Å²) in [6.07, 6.45) is 2.54. The summed E-state index contributed by atoms with van der Waals surface area (Å²) in [6, 6.07) is 16.1. The van der Waals surface area contributed by atoms with Crippen LogP contribution in [0.4, 0.5) is 5.69 Å². The van der Waals surface area contributed by atoms with E-state index in [1.54, 1.807) is 0 Å². The van der Waals surface area contributed by atoms with Crippen molar-refractivity contribution in [2.24, 2.45) is 0 Å². The molecule has 2 heterocycles. The van der Waals surface area contributed by atoms with Gasteiger partial charge in [-0.1, -0.05) is 30.3 Å². The second kappa shape index (κ2) is 8.37. The molecule has 2 aromatic rings. The summed E-state index contributed by atoms with van der Waals surface area (Å²) in [6.45, 7) is 3.19. The molecule has 0 N–H and O–H groups in total. The van der Waals surface area contributed by atoms with Gasteiger partial charge in [-0.2, -0.15) is 0 Å². The minimum atomic E-state index is 0.0496. The summed E-state index contributed by atoms with van der Waals surface area (Å²) in [5, 5.41) is 0. The van der Waals surface area contributed by atoms with Gasteiger partial charge in [0, 0.05) is 49.8 Å². The van der Waals surface area contributed by atoms with Crippen LogP contribution in [0, 0.1) is 0 Å². The summed E-state index contributed by atoms with van der Waals surface area (Å²) < 4.78 is 0. The average Bonchev–Trinajstić information content (AvgIpc) is 3.29. The van der Waals surface area contributed by atoms with Gasteiger partial charge in [0.05, 0.1) is 0 Å². The maximum absolute atomic E-state index is 13.3. The quantitative estimate of drug-likeness (QED) is 0.757. The van der Waals surface area contributed by atoms with Crippen LogP contribution < -0.4 is 4.90 Å². The predicted octanol–water partition coefficient (Wildman–Crippen LogP) is 3.50. The molecule has 4 rings (SSSR count). The first-order chi connectivity index (χ1) is 14.0. The second-order valence-corrected chi connectivity index (χ2v) is 8.38. The number of hydrogen-bond donors (Lipinski definition) is 0. The fourth-order valence-corrected chi connectivity index (χ4v) is 4.46. The molecule has 2 aliphatic heterocycles. The third kappa shape index (κ3) is 4.20. The SMILES string of the molecule is CN(C)Cc1ccc(C(=O)N2CC(CCN3CCCC3=O)c3ccccc32)cc1. The number of likely N-dealkylation sites (tertiary alicyclic amines) is 1. The summed E-state index contributed by atoms with van der Waals surface area (Å²) in [4.78, 5) is 31.2. The molecule has 0 radical (unpaired) electrons. The molecule has 0 saturated carbocycles. The van der Waals surface area contributed by atoms with Gasteiger partial charge >= 0.3 is 0 Å². The number of anilines is 1. The zero-order valence-corrected chi connectivity index (χ0v) is 17.3. The number of carbonyl (C=O) groups is 2. The Labute approximate surface area is 172 Å². The average molecular weight is 392 g/mol. The molecule has 29 heavy (non-hydrogen) atoms. The molecule has 0 aliphatic carbocycles. The van der Waals surface area contributed by atoms with Crippen LogP contribution in [-0.4, -0.2) is 55.3 Å². The molecule has 5 heteroatoms. The number of nitrogens with zero attached hydrogens (tertiary/aromatic N) is 3. The molecule has 0 aromatic heterocycles. The molecule has 152 valence electrons. The minimum absolute atomic E-state index is 0.0496. The smallest absolute Gasteiger partial charge is 0.258 e. The highest BCUT2D eigenvalue weighted by molar-refractivity contribution is 6.07. The Morgan fingerprint density at radius 2 is 1.86 bits per heavy atom. The summed E-state index contributed by atoms with van der Waals surface area (Å²) in [7, 11) is 4.08. The fourth-order valence-electron chi connectivity index (χ4n) is 4.46. The molecule has 2 amide bonds. The first-order valence-corrected chi connectivity index (χ1v) is 10.4. The Balaban J connectivity index is 1.49. The van der Waals surface area contributed by atoms with Crippen LogP contribution in [0.5, 0.6) is 0 Å². The lowest BCUT2D eigenvalue weighted by atomic mass is 9.98. The van der Waals surface area contributed by atoms with Crippen LogP contribution in [0.2, 0.25) is 0 Å². The van der Waals surface area contributed by atoms with E-state index in [2.05, 4.69) is 11.0 Å². The van der Waals surface area contributed by atoms with Gasteiger partial charge in [-0.25, -0.2) is 0 Å². The van der Waals surface area contributed by atoms with Gasteiger partial charge in [0.1, 0.15) is 0 Å². The normalized spacial score (nSPS) is 18.6. The van der Waals surface area contributed by atoms with Gasteiger partial charge in [-0.3, -0.25) is 9.59 Å². The summed E-state index contributed by atoms with van der Waals surface area (Å²) in [5.74, 6) is 0.590. The Morgan fingerprint density at radius 1 is 1.10 bits per heavy atom. The minimum Gasteiger partial charge on any atom is -0.343 e. The number of para-hydroxylation sites is 1. The maximum atomic E-state index is 13.3. The third-order valence-corrected chi connectivity index (χ3v) is 5.93. The van der Waals surface area contributed by atoms with Crippen LogP contribution in [0.25, 0.3) is 0 Å². The summed E-state index contributed by atoms with van der Waals surface area (Å²) in [5.41, 5.74) is 4.14. The van der Waals surface area contributed by atoms with Crippen molar-refractivity contribution >= 4 is 17.5 Å². The van der Waals surface area contributed by atoms with E-state index in [0.717, 1.165) is 43.7 Å². The third-order valence-electron chi connectivity index (χ3n) is 5.93. The van der Waals surface area contributed by atoms with Crippen LogP contribution >= 0.6 is 0 Å². The number of rotatable bonds is 6. The van der Waals surface area contributed by atoms with Gasteiger partial charge in [0.15, 0.2) is 0 Å². The fraction of sp³-hybridized carbons (Fsp3) is 0.417. The number of hydrogen-bond acceptors (Lipinski definition) is 3. The Hall–Kier alpha value is -2.66. The lowest BCUT2D eigenvalue weighted by Gasteiger charge is -2.20. The van der Waals surface area contributed by atoms with Crippen molar-refractivity contribution in [2.75, 3.05) is 38.6 Å². The van der Waals surface area contributed by atoms with E-state index in [-0.39, 0.29) is 17.7 Å². The molecule has 1 unspecified atom stereocenters. The highest BCUT2D eigenvalue weighted by Gasteiger charge is 2.33. The molecule has 2 aromatic carbocycles. The number of fused-ring (bicyclic) bond motifs is 1. The highest BCUT2D eigenvalue weighted by Crippen LogP contribution is 2.39. The lowest BCUT2D eigenvalue weighted by Crippen LogP contribution is -2.31. The number of amides is 2. The topological polar surface area (TPSA) is 43.9 Å². The standard InChI is InChI=1S/C24H29N3O2/c1-25(2)16-18-9-11-19(12-10-18)24(29)27-17-20(21-6-3-4-7-22(21)27)13-15-26-14-5-8-23(26)28/h3-4,6-7,9-12,20H,5,8,13-17H2,1-2H3. The van der Waals surface area contributed by atoms with Crippen molar-refractivity contribution < 1.29 is 9.59 Å². The van der Waals surface area contributed by atoms with Crippen molar-refractivity contribution in [3.05, 3.63) is 65.2 Å². The van der Waals surface area contributed by atoms with Gasteiger partial charge in [-0.15, -0.1) is 0 Å². The van der Waals surface area contributed by atoms with E-state index in [1.807, 2.05) is 66.4 Å². The largest absolute Gasteiger partial charge is 0.343 e. The van der Waals surface area contributed by atoms with Crippen molar-refractivity contribution in [3.8, 4) is 0 Å². The van der Waals surface area contributed by atoms with E-state index in [4.69, 9.17) is 0 Å². The van der Waals surface area contributed by atoms with Gasteiger partial charge < -0.3 is 14.7 Å². The zero-order valence-electron chi connectivity index (χ0n) is 17.3. The molecular formula is C24H29N3O2. The first-order valence-electron chi connectivity index (χ1n) is 10.4. The van der Waals surface area contributed by atoms with Crippen LogP contribution in [-0.2, 0) is 11.3 Å². The maximum Gasteiger partial charge on any atom is 0.258 e. The van der Waals surface area contributed by atoms with Crippen LogP contribution in [0.3, 0.4) is 0 Å². The molecule has 1 fully saturated rings. The lowest BCUT2D eigenvalue weighted by molar-refractivity contribution is -0.127. The van der Waals surface area contributed by atoms with Gasteiger partial charge in [0.25, 0.3) is 5.91 Å². The van der Waals surface area contributed by atoms with E-state index in [0.29, 0.717) is 13.0 Å². The van der Waals surface area contributed by atoms with E-state index >= 15 is 0 Å². The molecule has 0 spiro atoms. The second-order valence-electron chi connectivity index (χ2n) is 8.38. The monoisotopic (exact) mass is 391 g/mol. The summed E-state index contributed by atoms with van der Waals surface area (Å²) >= 11 is 0. The van der Waals surface area contributed by atoms with Crippen molar-refractivity contribution in [1.82, 2.24) is 9.80 Å².